The molecule has 0 aromatic carbocycles. The van der Waals surface area contributed by atoms with E-state index in [1.807, 2.05) is 6.07 Å². The van der Waals surface area contributed by atoms with Gasteiger partial charge in [-0.15, -0.1) is 0 Å². The number of aliphatic hydroxyl groups is 1. The van der Waals surface area contributed by atoms with E-state index in [0.29, 0.717) is 0 Å². The molecule has 1 saturated carbocycles. The van der Waals surface area contributed by atoms with Crippen LogP contribution in [-0.2, 0) is 0 Å². The Bertz CT molecular complexity index is 266. The van der Waals surface area contributed by atoms with Gasteiger partial charge in [0.05, 0.1) is 12.1 Å². The quantitative estimate of drug-likeness (QED) is 0.720. The number of nitrogens with one attached hydrogen (secondary N) is 1. The van der Waals surface area contributed by atoms with Crippen molar-refractivity contribution in [3.05, 3.63) is 18.6 Å². The Hall–Kier alpha value is -1.16. The van der Waals surface area contributed by atoms with Gasteiger partial charge >= 0.3 is 0 Å². The molecule has 1 heterocycles. The SMILES string of the molecule is OCC1(Nc2ccncn2)CCC1. The fourth-order valence-corrected chi connectivity index (χ4v) is 1.56. The molecule has 0 radical (unpaired) electrons. The van der Waals surface area contributed by atoms with Crippen molar-refractivity contribution in [2.75, 3.05) is 11.9 Å². The van der Waals surface area contributed by atoms with Crippen LogP contribution in [0.3, 0.4) is 0 Å². The van der Waals surface area contributed by atoms with E-state index >= 15 is 0 Å². The van der Waals surface area contributed by atoms with Crippen molar-refractivity contribution < 1.29 is 5.11 Å². The maximum Gasteiger partial charge on any atom is 0.129 e. The lowest BCUT2D eigenvalue weighted by atomic mass is 9.77. The Morgan fingerprint density at radius 2 is 2.38 bits per heavy atom. The summed E-state index contributed by atoms with van der Waals surface area (Å²) in [4.78, 5) is 7.89. The molecule has 4 nitrogen and oxygen atoms in total. The van der Waals surface area contributed by atoms with Crippen molar-refractivity contribution in [1.82, 2.24) is 9.97 Å². The average molecular weight is 179 g/mol. The van der Waals surface area contributed by atoms with Crippen LogP contribution in [-0.4, -0.2) is 27.2 Å². The Kier molecular flexibility index (Phi) is 2.14. The molecular weight excluding hydrogens is 166 g/mol. The normalized spacial score (nSPS) is 19.2. The number of hydrogen-bond donors (Lipinski definition) is 2. The van der Waals surface area contributed by atoms with Gasteiger partial charge in [0.2, 0.25) is 0 Å². The zero-order chi connectivity index (χ0) is 9.15. The maximum absolute atomic E-state index is 9.19. The third-order valence-electron chi connectivity index (χ3n) is 2.59. The van der Waals surface area contributed by atoms with Gasteiger partial charge in [0.1, 0.15) is 12.1 Å². The highest BCUT2D eigenvalue weighted by Gasteiger charge is 2.36. The lowest BCUT2D eigenvalue weighted by molar-refractivity contribution is 0.144. The first kappa shape index (κ1) is 8.44. The number of aliphatic hydroxyl groups excluding tert-OH is 1. The molecule has 70 valence electrons. The van der Waals surface area contributed by atoms with Crippen molar-refractivity contribution in [2.24, 2.45) is 0 Å². The predicted molar refractivity (Wildman–Crippen MR) is 49.3 cm³/mol. The first-order chi connectivity index (χ1) is 6.35. The largest absolute Gasteiger partial charge is 0.394 e. The standard InChI is InChI=1S/C9H13N3O/c13-6-9(3-1-4-9)12-8-2-5-10-7-11-8/h2,5,7,13H,1,3-4,6H2,(H,10,11,12). The third-order valence-corrected chi connectivity index (χ3v) is 2.59. The molecule has 1 fully saturated rings. The number of anilines is 1. The minimum Gasteiger partial charge on any atom is -0.394 e. The molecule has 0 unspecified atom stereocenters. The molecule has 0 bridgehead atoms. The predicted octanol–water partition coefficient (Wildman–Crippen LogP) is 0.804. The van der Waals surface area contributed by atoms with E-state index < -0.39 is 0 Å². The summed E-state index contributed by atoms with van der Waals surface area (Å²) < 4.78 is 0. The molecule has 2 N–H and O–H groups in total. The van der Waals surface area contributed by atoms with E-state index in [-0.39, 0.29) is 12.1 Å². The van der Waals surface area contributed by atoms with Gasteiger partial charge in [0, 0.05) is 6.20 Å². The van der Waals surface area contributed by atoms with Crippen molar-refractivity contribution in [3.8, 4) is 0 Å². The van der Waals surface area contributed by atoms with Crippen LogP contribution in [0.1, 0.15) is 19.3 Å². The molecule has 4 heteroatoms. The first-order valence-corrected chi connectivity index (χ1v) is 4.50. The number of aromatic nitrogens is 2. The van der Waals surface area contributed by atoms with Crippen molar-refractivity contribution in [2.45, 2.75) is 24.8 Å². The smallest absolute Gasteiger partial charge is 0.129 e. The summed E-state index contributed by atoms with van der Waals surface area (Å²) in [5.41, 5.74) is -0.117. The van der Waals surface area contributed by atoms with E-state index in [9.17, 15) is 5.11 Å². The minimum atomic E-state index is -0.117. The molecule has 0 amide bonds. The zero-order valence-electron chi connectivity index (χ0n) is 7.40. The van der Waals surface area contributed by atoms with E-state index in [2.05, 4.69) is 15.3 Å². The second-order valence-corrected chi connectivity index (χ2v) is 3.51. The van der Waals surface area contributed by atoms with Gasteiger partial charge in [0.15, 0.2) is 0 Å². The molecule has 1 aliphatic rings. The van der Waals surface area contributed by atoms with Crippen LogP contribution in [0.5, 0.6) is 0 Å². The molecule has 1 aromatic rings. The second-order valence-electron chi connectivity index (χ2n) is 3.51. The highest BCUT2D eigenvalue weighted by Crippen LogP contribution is 2.34. The van der Waals surface area contributed by atoms with Crippen LogP contribution in [0.4, 0.5) is 5.82 Å². The Balaban J connectivity index is 2.05. The van der Waals surface area contributed by atoms with Crippen LogP contribution >= 0.6 is 0 Å². The number of hydrogen-bond acceptors (Lipinski definition) is 4. The topological polar surface area (TPSA) is 58.0 Å². The van der Waals surface area contributed by atoms with Gasteiger partial charge in [-0.3, -0.25) is 0 Å². The van der Waals surface area contributed by atoms with Crippen LogP contribution < -0.4 is 5.32 Å². The number of nitrogens with zero attached hydrogens (tertiary/aromatic N) is 2. The van der Waals surface area contributed by atoms with Crippen molar-refractivity contribution in [1.29, 1.82) is 0 Å². The van der Waals surface area contributed by atoms with E-state index in [1.165, 1.54) is 12.7 Å². The lowest BCUT2D eigenvalue weighted by Gasteiger charge is -2.41. The third kappa shape index (κ3) is 1.62. The summed E-state index contributed by atoms with van der Waals surface area (Å²) >= 11 is 0. The molecule has 2 rings (SSSR count). The summed E-state index contributed by atoms with van der Waals surface area (Å²) in [5.74, 6) is 0.795. The highest BCUT2D eigenvalue weighted by atomic mass is 16.3. The summed E-state index contributed by atoms with van der Waals surface area (Å²) in [6.07, 6.45) is 6.42. The Morgan fingerprint density at radius 1 is 1.54 bits per heavy atom. The molecule has 1 aliphatic carbocycles. The molecular formula is C9H13N3O. The maximum atomic E-state index is 9.19. The Morgan fingerprint density at radius 3 is 2.85 bits per heavy atom. The summed E-state index contributed by atoms with van der Waals surface area (Å²) in [6, 6.07) is 1.82. The molecule has 0 aliphatic heterocycles. The minimum absolute atomic E-state index is 0.117. The Labute approximate surface area is 77.0 Å². The van der Waals surface area contributed by atoms with Crippen LogP contribution in [0.15, 0.2) is 18.6 Å². The fourth-order valence-electron chi connectivity index (χ4n) is 1.56. The van der Waals surface area contributed by atoms with Gasteiger partial charge in [-0.2, -0.15) is 0 Å². The lowest BCUT2D eigenvalue weighted by Crippen LogP contribution is -2.48. The summed E-state index contributed by atoms with van der Waals surface area (Å²) in [6.45, 7) is 0.178. The van der Waals surface area contributed by atoms with Gasteiger partial charge in [0.25, 0.3) is 0 Å². The molecule has 1 aromatic heterocycles. The summed E-state index contributed by atoms with van der Waals surface area (Å²) in [5, 5.41) is 12.4. The monoisotopic (exact) mass is 179 g/mol. The molecule has 0 spiro atoms. The van der Waals surface area contributed by atoms with E-state index in [1.54, 1.807) is 6.20 Å². The average Bonchev–Trinajstić information content (AvgIpc) is 2.13. The van der Waals surface area contributed by atoms with E-state index in [0.717, 1.165) is 18.7 Å². The summed E-state index contributed by atoms with van der Waals surface area (Å²) in [7, 11) is 0. The zero-order valence-corrected chi connectivity index (χ0v) is 7.40. The molecule has 0 saturated heterocycles. The molecule has 13 heavy (non-hydrogen) atoms. The van der Waals surface area contributed by atoms with Crippen LogP contribution in [0.2, 0.25) is 0 Å². The highest BCUT2D eigenvalue weighted by molar-refractivity contribution is 5.37. The van der Waals surface area contributed by atoms with Crippen LogP contribution in [0.25, 0.3) is 0 Å². The second kappa shape index (κ2) is 3.30. The van der Waals surface area contributed by atoms with Crippen molar-refractivity contribution in [3.63, 3.8) is 0 Å². The molecule has 0 atom stereocenters. The van der Waals surface area contributed by atoms with Gasteiger partial charge < -0.3 is 10.4 Å². The number of rotatable bonds is 3. The van der Waals surface area contributed by atoms with Crippen molar-refractivity contribution >= 4 is 5.82 Å². The van der Waals surface area contributed by atoms with E-state index in [4.69, 9.17) is 0 Å². The van der Waals surface area contributed by atoms with Gasteiger partial charge in [-0.25, -0.2) is 9.97 Å². The first-order valence-electron chi connectivity index (χ1n) is 4.50. The fraction of sp³-hybridized carbons (Fsp3) is 0.556. The van der Waals surface area contributed by atoms with Gasteiger partial charge in [-0.05, 0) is 25.3 Å². The van der Waals surface area contributed by atoms with Crippen LogP contribution in [0, 0.1) is 0 Å². The van der Waals surface area contributed by atoms with Gasteiger partial charge in [-0.1, -0.05) is 0 Å².